The Morgan fingerprint density at radius 2 is 1.78 bits per heavy atom. The fourth-order valence-electron chi connectivity index (χ4n) is 2.68. The number of ether oxygens (including phenoxy) is 1. The predicted molar refractivity (Wildman–Crippen MR) is 104 cm³/mol. The number of aliphatic carboxylic acids is 1. The number of nitrogens with one attached hydrogen (secondary N) is 1. The lowest BCUT2D eigenvalue weighted by Crippen LogP contribution is -2.24. The van der Waals surface area contributed by atoms with Crippen molar-refractivity contribution in [1.82, 2.24) is 0 Å². The van der Waals surface area contributed by atoms with Crippen LogP contribution in [-0.2, 0) is 19.4 Å². The van der Waals surface area contributed by atoms with Gasteiger partial charge in [0.25, 0.3) is 0 Å². The number of hydrogen-bond acceptors (Lipinski definition) is 5. The van der Waals surface area contributed by atoms with Gasteiger partial charge in [-0.1, -0.05) is 44.0 Å². The molecule has 2 N–H and O–H groups in total. The van der Waals surface area contributed by atoms with E-state index >= 15 is 0 Å². The van der Waals surface area contributed by atoms with E-state index in [0.717, 1.165) is 12.8 Å². The maximum atomic E-state index is 12.2. The molecular formula is C19H23NO6S. The number of carboxylic acids is 1. The van der Waals surface area contributed by atoms with Gasteiger partial charge in [-0.2, -0.15) is 0 Å². The molecule has 0 radical (unpaired) electrons. The Kier molecular flexibility index (Phi) is 7.18. The molecule has 0 aromatic heterocycles. The van der Waals surface area contributed by atoms with Crippen LogP contribution in [0.4, 0.5) is 5.69 Å². The standard InChI is InChI=1S/C19H23NO6S/c1-2-3-6-11-27(24,25)13-18(21)20-16-9-10-17(26-12-19(22)23)15-8-5-4-7-14(15)16/h4-5,7-10H,2-3,6,11-13H2,1H3,(H,20,21)(H,22,23). The average Bonchev–Trinajstić information content (AvgIpc) is 2.60. The molecule has 0 heterocycles. The van der Waals surface area contributed by atoms with Crippen LogP contribution in [0.2, 0.25) is 0 Å². The second kappa shape index (κ2) is 9.36. The van der Waals surface area contributed by atoms with Gasteiger partial charge in [0.15, 0.2) is 16.4 Å². The van der Waals surface area contributed by atoms with Gasteiger partial charge in [0, 0.05) is 16.5 Å². The Morgan fingerprint density at radius 1 is 1.07 bits per heavy atom. The van der Waals surface area contributed by atoms with Crippen molar-refractivity contribution in [2.75, 3.05) is 23.4 Å². The lowest BCUT2D eigenvalue weighted by Gasteiger charge is -2.13. The molecule has 0 unspecified atom stereocenters. The molecule has 0 saturated heterocycles. The second-order valence-corrected chi connectivity index (χ2v) is 8.37. The van der Waals surface area contributed by atoms with Gasteiger partial charge < -0.3 is 15.2 Å². The quantitative estimate of drug-likeness (QED) is 0.601. The van der Waals surface area contributed by atoms with Crippen molar-refractivity contribution < 1.29 is 27.9 Å². The third kappa shape index (κ3) is 6.25. The number of rotatable bonds is 10. The predicted octanol–water partition coefficient (Wildman–Crippen LogP) is 2.85. The first kappa shape index (κ1) is 20.7. The Hall–Kier alpha value is -2.61. The summed E-state index contributed by atoms with van der Waals surface area (Å²) in [7, 11) is -3.45. The van der Waals surface area contributed by atoms with Crippen LogP contribution in [0, 0.1) is 0 Å². The maximum absolute atomic E-state index is 12.2. The van der Waals surface area contributed by atoms with Crippen LogP contribution in [-0.4, -0.2) is 43.5 Å². The van der Waals surface area contributed by atoms with E-state index in [-0.39, 0.29) is 5.75 Å². The van der Waals surface area contributed by atoms with Crippen molar-refractivity contribution in [3.63, 3.8) is 0 Å². The van der Waals surface area contributed by atoms with Gasteiger partial charge >= 0.3 is 5.97 Å². The third-order valence-electron chi connectivity index (χ3n) is 3.92. The van der Waals surface area contributed by atoms with E-state index in [1.807, 2.05) is 6.92 Å². The van der Waals surface area contributed by atoms with Crippen molar-refractivity contribution in [2.24, 2.45) is 0 Å². The van der Waals surface area contributed by atoms with E-state index in [4.69, 9.17) is 9.84 Å². The van der Waals surface area contributed by atoms with E-state index in [0.29, 0.717) is 28.6 Å². The first-order chi connectivity index (χ1) is 12.8. The summed E-state index contributed by atoms with van der Waals surface area (Å²) < 4.78 is 29.3. The van der Waals surface area contributed by atoms with Crippen LogP contribution >= 0.6 is 0 Å². The minimum atomic E-state index is -3.45. The second-order valence-electron chi connectivity index (χ2n) is 6.19. The summed E-state index contributed by atoms with van der Waals surface area (Å²) in [6.07, 6.45) is 2.26. The van der Waals surface area contributed by atoms with E-state index < -0.39 is 34.1 Å². The first-order valence-electron chi connectivity index (χ1n) is 8.69. The number of hydrogen-bond donors (Lipinski definition) is 2. The average molecular weight is 393 g/mol. The summed E-state index contributed by atoms with van der Waals surface area (Å²) in [5.41, 5.74) is 0.446. The van der Waals surface area contributed by atoms with E-state index in [9.17, 15) is 18.0 Å². The Morgan fingerprint density at radius 3 is 2.44 bits per heavy atom. The molecule has 1 amide bonds. The van der Waals surface area contributed by atoms with Gasteiger partial charge in [0.1, 0.15) is 11.5 Å². The van der Waals surface area contributed by atoms with E-state index in [2.05, 4.69) is 5.32 Å². The fourth-order valence-corrected chi connectivity index (χ4v) is 3.94. The van der Waals surface area contributed by atoms with Crippen molar-refractivity contribution >= 4 is 38.2 Å². The van der Waals surface area contributed by atoms with Crippen molar-refractivity contribution in [3.05, 3.63) is 36.4 Å². The summed E-state index contributed by atoms with van der Waals surface area (Å²) in [5, 5.41) is 12.7. The monoisotopic (exact) mass is 393 g/mol. The number of benzene rings is 2. The number of carbonyl (C=O) groups is 2. The van der Waals surface area contributed by atoms with Crippen LogP contribution < -0.4 is 10.1 Å². The van der Waals surface area contributed by atoms with E-state index in [1.165, 1.54) is 0 Å². The summed E-state index contributed by atoms with van der Waals surface area (Å²) >= 11 is 0. The Labute approximate surface area is 158 Å². The highest BCUT2D eigenvalue weighted by Crippen LogP contribution is 2.31. The SMILES string of the molecule is CCCCCS(=O)(=O)CC(=O)Nc1ccc(OCC(=O)O)c2ccccc12. The minimum Gasteiger partial charge on any atom is -0.481 e. The van der Waals surface area contributed by atoms with Gasteiger partial charge in [0.2, 0.25) is 5.91 Å². The molecule has 8 heteroatoms. The molecule has 0 spiro atoms. The molecule has 2 rings (SSSR count). The number of carbonyl (C=O) groups excluding carboxylic acids is 1. The largest absolute Gasteiger partial charge is 0.481 e. The smallest absolute Gasteiger partial charge is 0.341 e. The number of amides is 1. The zero-order valence-corrected chi connectivity index (χ0v) is 15.9. The molecule has 7 nitrogen and oxygen atoms in total. The molecule has 146 valence electrons. The maximum Gasteiger partial charge on any atom is 0.341 e. The zero-order chi connectivity index (χ0) is 19.9. The molecule has 2 aromatic carbocycles. The zero-order valence-electron chi connectivity index (χ0n) is 15.1. The van der Waals surface area contributed by atoms with Crippen LogP contribution in [0.25, 0.3) is 10.8 Å². The minimum absolute atomic E-state index is 0.00300. The van der Waals surface area contributed by atoms with Gasteiger partial charge in [-0.3, -0.25) is 4.79 Å². The molecule has 0 saturated carbocycles. The van der Waals surface area contributed by atoms with Crippen molar-refractivity contribution in [1.29, 1.82) is 0 Å². The number of anilines is 1. The summed E-state index contributed by atoms with van der Waals surface area (Å²) in [4.78, 5) is 22.9. The van der Waals surface area contributed by atoms with E-state index in [1.54, 1.807) is 36.4 Å². The first-order valence-corrected chi connectivity index (χ1v) is 10.5. The topological polar surface area (TPSA) is 110 Å². The highest BCUT2D eigenvalue weighted by molar-refractivity contribution is 7.92. The molecule has 0 aliphatic carbocycles. The number of unbranched alkanes of at least 4 members (excludes halogenated alkanes) is 2. The van der Waals surface area contributed by atoms with Crippen molar-refractivity contribution in [3.8, 4) is 5.75 Å². The van der Waals surface area contributed by atoms with Crippen LogP contribution in [0.3, 0.4) is 0 Å². The third-order valence-corrected chi connectivity index (χ3v) is 5.53. The molecule has 27 heavy (non-hydrogen) atoms. The number of fused-ring (bicyclic) bond motifs is 1. The van der Waals surface area contributed by atoms with Gasteiger partial charge in [-0.15, -0.1) is 0 Å². The highest BCUT2D eigenvalue weighted by Gasteiger charge is 2.17. The van der Waals surface area contributed by atoms with Crippen LogP contribution in [0.5, 0.6) is 5.75 Å². The lowest BCUT2D eigenvalue weighted by molar-refractivity contribution is -0.139. The van der Waals surface area contributed by atoms with Gasteiger partial charge in [0.05, 0.1) is 5.75 Å². The van der Waals surface area contributed by atoms with Crippen LogP contribution in [0.15, 0.2) is 36.4 Å². The highest BCUT2D eigenvalue weighted by atomic mass is 32.2. The van der Waals surface area contributed by atoms with Crippen LogP contribution in [0.1, 0.15) is 26.2 Å². The number of sulfone groups is 1. The molecular weight excluding hydrogens is 370 g/mol. The molecule has 0 aliphatic rings. The molecule has 0 aliphatic heterocycles. The molecule has 0 fully saturated rings. The number of carboxylic acid groups (broad SMARTS) is 1. The van der Waals surface area contributed by atoms with Gasteiger partial charge in [-0.25, -0.2) is 13.2 Å². The summed E-state index contributed by atoms with van der Waals surface area (Å²) in [5.74, 6) is -1.89. The molecule has 0 bridgehead atoms. The van der Waals surface area contributed by atoms with Gasteiger partial charge in [-0.05, 0) is 18.6 Å². The van der Waals surface area contributed by atoms with Crippen molar-refractivity contribution in [2.45, 2.75) is 26.2 Å². The normalized spacial score (nSPS) is 11.3. The fraction of sp³-hybridized carbons (Fsp3) is 0.368. The molecule has 0 atom stereocenters. The summed E-state index contributed by atoms with van der Waals surface area (Å²) in [6.45, 7) is 1.50. The summed E-state index contributed by atoms with van der Waals surface area (Å²) in [6, 6.07) is 10.1. The molecule has 2 aromatic rings. The Bertz CT molecular complexity index is 923. The lowest BCUT2D eigenvalue weighted by atomic mass is 10.1. The Balaban J connectivity index is 2.16.